The number of anilines is 6. The van der Waals surface area contributed by atoms with E-state index in [-0.39, 0.29) is 10.8 Å². The molecule has 0 radical (unpaired) electrons. The minimum absolute atomic E-state index is 0.144. The Hall–Kier alpha value is -8.36. The van der Waals surface area contributed by atoms with Crippen LogP contribution in [0.2, 0.25) is 0 Å². The third-order valence-corrected chi connectivity index (χ3v) is 16.2. The Labute approximate surface area is 444 Å². The van der Waals surface area contributed by atoms with Crippen LogP contribution in [-0.4, -0.2) is 0 Å². The number of alkyl halides is 6. The highest BCUT2D eigenvalue weighted by atomic mass is 19.4. The zero-order valence-electron chi connectivity index (χ0n) is 43.3. The van der Waals surface area contributed by atoms with Gasteiger partial charge in [0.25, 0.3) is 0 Å². The number of hydrogen-bond donors (Lipinski definition) is 0. The maximum Gasteiger partial charge on any atom is 0.416 e. The standard InChI is InChI=1S/C69H52F6N2/c1-65(2,3)41-18-26-45(27-19-41)76(47-30-22-43(23-31-47)68(70,71)72)49-34-36-53-54-37-35-50(77(46-28-20-42(21-29-46)66(4,5)6)48-32-24-44(25-33-48)69(73,74)75)39-61(54)67(60(53)38-49)59-17-10-9-14-56(59)64-57-16-11-15-55-51-12-7-8-13-52(51)58(63(55)57)40-62(64)67/h7-40H,1-6H3. The maximum atomic E-state index is 14.2. The van der Waals surface area contributed by atoms with E-state index >= 15 is 0 Å². The molecule has 2 nitrogen and oxygen atoms in total. The van der Waals surface area contributed by atoms with Gasteiger partial charge in [0.2, 0.25) is 0 Å². The van der Waals surface area contributed by atoms with Crippen molar-refractivity contribution in [2.24, 2.45) is 0 Å². The van der Waals surface area contributed by atoms with Crippen LogP contribution in [0.5, 0.6) is 0 Å². The van der Waals surface area contributed by atoms with E-state index in [2.05, 4.69) is 175 Å². The van der Waals surface area contributed by atoms with Gasteiger partial charge >= 0.3 is 12.4 Å². The van der Waals surface area contributed by atoms with Gasteiger partial charge in [-0.1, -0.05) is 145 Å². The van der Waals surface area contributed by atoms with Gasteiger partial charge in [-0.3, -0.25) is 0 Å². The second-order valence-electron chi connectivity index (χ2n) is 22.7. The van der Waals surface area contributed by atoms with E-state index in [0.717, 1.165) is 119 Å². The van der Waals surface area contributed by atoms with E-state index in [0.29, 0.717) is 11.4 Å². The summed E-state index contributed by atoms with van der Waals surface area (Å²) in [6.45, 7) is 12.9. The molecule has 0 fully saturated rings. The van der Waals surface area contributed by atoms with E-state index < -0.39 is 28.9 Å². The first-order valence-electron chi connectivity index (χ1n) is 26.0. The highest BCUT2D eigenvalue weighted by Crippen LogP contribution is 2.67. The van der Waals surface area contributed by atoms with Gasteiger partial charge in [-0.15, -0.1) is 0 Å². The first-order chi connectivity index (χ1) is 36.7. The lowest BCUT2D eigenvalue weighted by molar-refractivity contribution is -0.138. The minimum atomic E-state index is -4.52. The molecule has 10 aromatic rings. The van der Waals surface area contributed by atoms with Crippen molar-refractivity contribution in [3.63, 3.8) is 0 Å². The molecule has 0 N–H and O–H groups in total. The molecule has 0 bridgehead atoms. The van der Waals surface area contributed by atoms with Crippen LogP contribution in [0.3, 0.4) is 0 Å². The van der Waals surface area contributed by atoms with E-state index in [1.165, 1.54) is 40.8 Å². The van der Waals surface area contributed by atoms with E-state index in [1.54, 1.807) is 0 Å². The van der Waals surface area contributed by atoms with Crippen LogP contribution in [-0.2, 0) is 28.6 Å². The molecule has 0 saturated heterocycles. The van der Waals surface area contributed by atoms with Crippen molar-refractivity contribution in [3.05, 3.63) is 251 Å². The quantitative estimate of drug-likeness (QED) is 0.153. The topological polar surface area (TPSA) is 6.48 Å². The maximum absolute atomic E-state index is 14.2. The van der Waals surface area contributed by atoms with Crippen molar-refractivity contribution in [1.82, 2.24) is 0 Å². The van der Waals surface area contributed by atoms with Crippen molar-refractivity contribution in [2.45, 2.75) is 70.1 Å². The Bertz CT molecular complexity index is 3720. The molecular weight excluding hydrogens is 971 g/mol. The van der Waals surface area contributed by atoms with E-state index in [9.17, 15) is 26.3 Å². The molecule has 0 unspecified atom stereocenters. The fourth-order valence-electron chi connectivity index (χ4n) is 12.5. The van der Waals surface area contributed by atoms with Crippen LogP contribution in [0.15, 0.2) is 206 Å². The molecule has 380 valence electrons. The van der Waals surface area contributed by atoms with Crippen LogP contribution < -0.4 is 9.80 Å². The summed E-state index contributed by atoms with van der Waals surface area (Å²) < 4.78 is 85.1. The van der Waals surface area contributed by atoms with E-state index in [4.69, 9.17) is 0 Å². The summed E-state index contributed by atoms with van der Waals surface area (Å²) in [5.41, 5.74) is 16.7. The molecule has 0 amide bonds. The lowest BCUT2D eigenvalue weighted by atomic mass is 9.70. The predicted molar refractivity (Wildman–Crippen MR) is 301 cm³/mol. The zero-order valence-corrected chi connectivity index (χ0v) is 43.3. The third-order valence-electron chi connectivity index (χ3n) is 16.2. The van der Waals surface area contributed by atoms with Crippen LogP contribution in [0.1, 0.15) is 86.1 Å². The number of halogens is 6. The van der Waals surface area contributed by atoms with Gasteiger partial charge in [-0.25, -0.2) is 0 Å². The first-order valence-corrected chi connectivity index (χ1v) is 26.0. The SMILES string of the molecule is CC(C)(C)c1ccc(N(c2ccc(C(F)(F)F)cc2)c2ccc3c(c2)C2(c4cc(N(c5ccc(C(C)(C)C)cc5)c5ccc(C(F)(F)F)cc5)ccc4-3)c3ccccc3-c3c2cc2c4c(cccc34)-c3ccccc3-2)cc1. The average molecular weight is 1020 g/mol. The summed E-state index contributed by atoms with van der Waals surface area (Å²) in [5, 5.41) is 2.33. The second-order valence-corrected chi connectivity index (χ2v) is 22.7. The van der Waals surface area contributed by atoms with Crippen LogP contribution in [0.4, 0.5) is 60.5 Å². The number of fused-ring (bicyclic) bond motifs is 14. The van der Waals surface area contributed by atoms with Crippen molar-refractivity contribution < 1.29 is 26.3 Å². The summed E-state index contributed by atoms with van der Waals surface area (Å²) in [6.07, 6.45) is -9.04. The van der Waals surface area contributed by atoms with Gasteiger partial charge in [0.1, 0.15) is 0 Å². The lowest BCUT2D eigenvalue weighted by Crippen LogP contribution is -2.26. The van der Waals surface area contributed by atoms with Crippen molar-refractivity contribution in [2.75, 3.05) is 9.80 Å². The number of nitrogens with zero attached hydrogens (tertiary/aromatic N) is 2. The van der Waals surface area contributed by atoms with Crippen LogP contribution >= 0.6 is 0 Å². The fourth-order valence-corrected chi connectivity index (χ4v) is 12.5. The van der Waals surface area contributed by atoms with Crippen LogP contribution in [0, 0.1) is 0 Å². The van der Waals surface area contributed by atoms with E-state index in [1.807, 2.05) is 34.1 Å². The van der Waals surface area contributed by atoms with Crippen molar-refractivity contribution in [1.29, 1.82) is 0 Å². The molecule has 10 aromatic carbocycles. The Morgan fingerprint density at radius 1 is 0.299 bits per heavy atom. The summed E-state index contributed by atoms with van der Waals surface area (Å²) in [6, 6.07) is 66.2. The molecule has 0 atom stereocenters. The van der Waals surface area contributed by atoms with Gasteiger partial charge in [-0.05, 0) is 203 Å². The Morgan fingerprint density at radius 3 is 1.10 bits per heavy atom. The summed E-state index contributed by atoms with van der Waals surface area (Å²) in [4.78, 5) is 4.07. The predicted octanol–water partition coefficient (Wildman–Crippen LogP) is 20.4. The second kappa shape index (κ2) is 16.8. The normalized spacial score (nSPS) is 13.8. The Kier molecular flexibility index (Phi) is 10.5. The highest BCUT2D eigenvalue weighted by molar-refractivity contribution is 6.21. The molecule has 3 aliphatic carbocycles. The van der Waals surface area contributed by atoms with Gasteiger partial charge in [0.15, 0.2) is 0 Å². The summed E-state index contributed by atoms with van der Waals surface area (Å²) in [7, 11) is 0. The molecule has 3 aliphatic rings. The molecule has 0 heterocycles. The van der Waals surface area contributed by atoms with Crippen molar-refractivity contribution in [3.8, 4) is 44.5 Å². The average Bonchev–Trinajstić information content (AvgIpc) is 3.95. The molecule has 0 saturated carbocycles. The smallest absolute Gasteiger partial charge is 0.310 e. The number of benzene rings is 10. The molecule has 0 aromatic heterocycles. The molecular formula is C69H52F6N2. The number of rotatable bonds is 6. The molecule has 1 spiro atoms. The molecule has 0 aliphatic heterocycles. The highest BCUT2D eigenvalue weighted by Gasteiger charge is 2.53. The van der Waals surface area contributed by atoms with Gasteiger partial charge < -0.3 is 9.80 Å². The van der Waals surface area contributed by atoms with Gasteiger partial charge in [0.05, 0.1) is 16.5 Å². The lowest BCUT2D eigenvalue weighted by Gasteiger charge is -2.34. The monoisotopic (exact) mass is 1020 g/mol. The fraction of sp³-hybridized carbons (Fsp3) is 0.159. The van der Waals surface area contributed by atoms with Gasteiger partial charge in [0, 0.05) is 34.1 Å². The largest absolute Gasteiger partial charge is 0.416 e. The van der Waals surface area contributed by atoms with Crippen LogP contribution in [0.25, 0.3) is 55.3 Å². The minimum Gasteiger partial charge on any atom is -0.310 e. The number of hydrogen-bond acceptors (Lipinski definition) is 2. The van der Waals surface area contributed by atoms with Gasteiger partial charge in [-0.2, -0.15) is 26.3 Å². The molecule has 8 heteroatoms. The third kappa shape index (κ3) is 7.46. The Balaban J connectivity index is 1.10. The summed E-state index contributed by atoms with van der Waals surface area (Å²) in [5.74, 6) is 0. The van der Waals surface area contributed by atoms with Crippen molar-refractivity contribution >= 4 is 44.9 Å². The Morgan fingerprint density at radius 2 is 0.675 bits per heavy atom. The first kappa shape index (κ1) is 48.3. The zero-order chi connectivity index (χ0) is 53.6. The molecule has 13 rings (SSSR count). The molecule has 77 heavy (non-hydrogen) atoms. The summed E-state index contributed by atoms with van der Waals surface area (Å²) >= 11 is 0.